The molecule has 0 bridgehead atoms. The van der Waals surface area contributed by atoms with Gasteiger partial charge in [0.25, 0.3) is 5.91 Å². The minimum atomic E-state index is -0.156. The average Bonchev–Trinajstić information content (AvgIpc) is 2.27. The first-order valence-corrected chi connectivity index (χ1v) is 7.65. The second-order valence-corrected chi connectivity index (χ2v) is 6.06. The van der Waals surface area contributed by atoms with Crippen LogP contribution in [0.4, 0.5) is 0 Å². The zero-order chi connectivity index (χ0) is 13.7. The Labute approximate surface area is 126 Å². The summed E-state index contributed by atoms with van der Waals surface area (Å²) in [5.41, 5.74) is 0.460. The van der Waals surface area contributed by atoms with Crippen molar-refractivity contribution >= 4 is 45.0 Å². The highest BCUT2D eigenvalue weighted by Crippen LogP contribution is 2.21. The van der Waals surface area contributed by atoms with E-state index in [1.165, 1.54) is 0 Å². The second kappa shape index (κ2) is 7.37. The lowest BCUT2D eigenvalue weighted by atomic mass is 10.0. The van der Waals surface area contributed by atoms with Gasteiger partial charge in [-0.2, -0.15) is 0 Å². The van der Waals surface area contributed by atoms with Crippen molar-refractivity contribution in [1.29, 1.82) is 0 Å². The van der Waals surface area contributed by atoms with Crippen LogP contribution in [0.15, 0.2) is 18.2 Å². The topological polar surface area (TPSA) is 29.1 Å². The number of alkyl halides is 1. The molecule has 1 rings (SSSR count). The molecule has 1 unspecified atom stereocenters. The van der Waals surface area contributed by atoms with Crippen LogP contribution in [0.2, 0.25) is 10.0 Å². The fourth-order valence-electron chi connectivity index (χ4n) is 1.61. The summed E-state index contributed by atoms with van der Waals surface area (Å²) in [7, 11) is 0. The minimum Gasteiger partial charge on any atom is -0.349 e. The summed E-state index contributed by atoms with van der Waals surface area (Å²) >= 11 is 15.2. The predicted molar refractivity (Wildman–Crippen MR) is 81.0 cm³/mol. The molecule has 0 fully saturated rings. The van der Waals surface area contributed by atoms with Gasteiger partial charge in [-0.05, 0) is 30.5 Å². The van der Waals surface area contributed by atoms with Gasteiger partial charge in [-0.15, -0.1) is 0 Å². The molecule has 5 heteroatoms. The van der Waals surface area contributed by atoms with Crippen molar-refractivity contribution in [3.63, 3.8) is 0 Å². The van der Waals surface area contributed by atoms with E-state index >= 15 is 0 Å². The molecule has 0 aromatic heterocycles. The lowest BCUT2D eigenvalue weighted by Crippen LogP contribution is -2.38. The normalized spacial score (nSPS) is 12.6. The van der Waals surface area contributed by atoms with E-state index in [1.54, 1.807) is 18.2 Å². The first kappa shape index (κ1) is 15.8. The average molecular weight is 353 g/mol. The fraction of sp³-hybridized carbons (Fsp3) is 0.462. The molecule has 0 aliphatic rings. The smallest absolute Gasteiger partial charge is 0.253 e. The first-order valence-electron chi connectivity index (χ1n) is 5.77. The van der Waals surface area contributed by atoms with Crippen LogP contribution in [0, 0.1) is 5.92 Å². The van der Waals surface area contributed by atoms with Crippen molar-refractivity contribution < 1.29 is 4.79 Å². The number of rotatable bonds is 5. The Kier molecular flexibility index (Phi) is 6.47. The van der Waals surface area contributed by atoms with E-state index in [-0.39, 0.29) is 11.9 Å². The van der Waals surface area contributed by atoms with Gasteiger partial charge in [-0.1, -0.05) is 53.0 Å². The molecule has 1 aromatic carbocycles. The first-order chi connectivity index (χ1) is 8.45. The van der Waals surface area contributed by atoms with Crippen LogP contribution >= 0.6 is 39.1 Å². The zero-order valence-electron chi connectivity index (χ0n) is 10.3. The number of benzene rings is 1. The van der Waals surface area contributed by atoms with Gasteiger partial charge < -0.3 is 5.32 Å². The number of carbonyl (C=O) groups is 1. The van der Waals surface area contributed by atoms with Crippen LogP contribution in [0.3, 0.4) is 0 Å². The maximum atomic E-state index is 12.1. The molecular formula is C13H16BrCl2NO. The summed E-state index contributed by atoms with van der Waals surface area (Å²) in [6.45, 7) is 4.16. The molecular weight excluding hydrogens is 337 g/mol. The van der Waals surface area contributed by atoms with Gasteiger partial charge in [0.05, 0.1) is 10.6 Å². The molecule has 100 valence electrons. The third kappa shape index (κ3) is 4.45. The molecule has 1 amide bonds. The highest BCUT2D eigenvalue weighted by molar-refractivity contribution is 9.09. The number of carbonyl (C=O) groups excluding carboxylic acids is 1. The number of hydrogen-bond donors (Lipinski definition) is 1. The molecule has 1 atom stereocenters. The van der Waals surface area contributed by atoms with Crippen LogP contribution < -0.4 is 5.32 Å². The van der Waals surface area contributed by atoms with Crippen molar-refractivity contribution in [3.8, 4) is 0 Å². The maximum absolute atomic E-state index is 12.1. The van der Waals surface area contributed by atoms with E-state index in [0.29, 0.717) is 21.5 Å². The van der Waals surface area contributed by atoms with E-state index in [4.69, 9.17) is 23.2 Å². The summed E-state index contributed by atoms with van der Waals surface area (Å²) in [5, 5.41) is 4.75. The standard InChI is InChI=1S/C13H16BrCl2NO/c1-8(2)12(5-6-14)17-13(18)10-4-3-9(15)7-11(10)16/h3-4,7-8,12H,5-6H2,1-2H3,(H,17,18). The van der Waals surface area contributed by atoms with Crippen LogP contribution in [-0.4, -0.2) is 17.3 Å². The minimum absolute atomic E-state index is 0.128. The second-order valence-electron chi connectivity index (χ2n) is 4.43. The Hall–Kier alpha value is -0.250. The van der Waals surface area contributed by atoms with Crippen LogP contribution in [0.25, 0.3) is 0 Å². The molecule has 0 aliphatic carbocycles. The summed E-state index contributed by atoms with van der Waals surface area (Å²) in [5.74, 6) is 0.217. The summed E-state index contributed by atoms with van der Waals surface area (Å²) in [4.78, 5) is 12.1. The lowest BCUT2D eigenvalue weighted by molar-refractivity contribution is 0.0925. The third-order valence-electron chi connectivity index (χ3n) is 2.72. The van der Waals surface area contributed by atoms with E-state index in [0.717, 1.165) is 11.8 Å². The quantitative estimate of drug-likeness (QED) is 0.775. The van der Waals surface area contributed by atoms with Gasteiger partial charge >= 0.3 is 0 Å². The van der Waals surface area contributed by atoms with Gasteiger partial charge in [0, 0.05) is 16.4 Å². The molecule has 0 saturated carbocycles. The summed E-state index contributed by atoms with van der Waals surface area (Å²) < 4.78 is 0. The number of halogens is 3. The van der Waals surface area contributed by atoms with Gasteiger partial charge in [0.15, 0.2) is 0 Å². The van der Waals surface area contributed by atoms with Gasteiger partial charge in [0.1, 0.15) is 0 Å². The van der Waals surface area contributed by atoms with E-state index in [2.05, 4.69) is 35.1 Å². The van der Waals surface area contributed by atoms with Crippen LogP contribution in [-0.2, 0) is 0 Å². The molecule has 1 N–H and O–H groups in total. The monoisotopic (exact) mass is 351 g/mol. The van der Waals surface area contributed by atoms with Crippen molar-refractivity contribution in [2.45, 2.75) is 26.3 Å². The summed E-state index contributed by atoms with van der Waals surface area (Å²) in [6, 6.07) is 5.01. The maximum Gasteiger partial charge on any atom is 0.253 e. The Morgan fingerprint density at radius 2 is 2.06 bits per heavy atom. The van der Waals surface area contributed by atoms with Gasteiger partial charge in [-0.25, -0.2) is 0 Å². The third-order valence-corrected chi connectivity index (χ3v) is 3.72. The lowest BCUT2D eigenvalue weighted by Gasteiger charge is -2.21. The Morgan fingerprint density at radius 3 is 2.56 bits per heavy atom. The van der Waals surface area contributed by atoms with Gasteiger partial charge in [-0.3, -0.25) is 4.79 Å². The molecule has 0 spiro atoms. The van der Waals surface area contributed by atoms with Gasteiger partial charge in [0.2, 0.25) is 0 Å². The van der Waals surface area contributed by atoms with Crippen molar-refractivity contribution in [2.75, 3.05) is 5.33 Å². The molecule has 1 aromatic rings. The highest BCUT2D eigenvalue weighted by Gasteiger charge is 2.18. The van der Waals surface area contributed by atoms with E-state index < -0.39 is 0 Å². The fourth-order valence-corrected chi connectivity index (χ4v) is 2.60. The van der Waals surface area contributed by atoms with E-state index in [9.17, 15) is 4.79 Å². The Bertz CT molecular complexity index is 423. The molecule has 18 heavy (non-hydrogen) atoms. The molecule has 0 aliphatic heterocycles. The van der Waals surface area contributed by atoms with Crippen molar-refractivity contribution in [2.24, 2.45) is 5.92 Å². The molecule has 0 radical (unpaired) electrons. The Balaban J connectivity index is 2.80. The predicted octanol–water partition coefficient (Wildman–Crippen LogP) is 4.53. The van der Waals surface area contributed by atoms with Crippen molar-refractivity contribution in [3.05, 3.63) is 33.8 Å². The zero-order valence-corrected chi connectivity index (χ0v) is 13.4. The summed E-state index contributed by atoms with van der Waals surface area (Å²) in [6.07, 6.45) is 0.884. The van der Waals surface area contributed by atoms with Crippen LogP contribution in [0.1, 0.15) is 30.6 Å². The molecule has 2 nitrogen and oxygen atoms in total. The number of hydrogen-bond acceptors (Lipinski definition) is 1. The Morgan fingerprint density at radius 1 is 1.39 bits per heavy atom. The van der Waals surface area contributed by atoms with Crippen molar-refractivity contribution in [1.82, 2.24) is 5.32 Å². The molecule has 0 saturated heterocycles. The molecule has 0 heterocycles. The largest absolute Gasteiger partial charge is 0.349 e. The highest BCUT2D eigenvalue weighted by atomic mass is 79.9. The van der Waals surface area contributed by atoms with Crippen LogP contribution in [0.5, 0.6) is 0 Å². The number of amides is 1. The SMILES string of the molecule is CC(C)C(CCBr)NC(=O)c1ccc(Cl)cc1Cl. The van der Waals surface area contributed by atoms with E-state index in [1.807, 2.05) is 0 Å². The number of nitrogens with one attached hydrogen (secondary N) is 1.